The van der Waals surface area contributed by atoms with Crippen LogP contribution in [0.5, 0.6) is 0 Å². The van der Waals surface area contributed by atoms with Crippen LogP contribution in [0.3, 0.4) is 0 Å². The van der Waals surface area contributed by atoms with Gasteiger partial charge in [-0.1, -0.05) is 27.7 Å². The molecule has 2 amide bonds. The van der Waals surface area contributed by atoms with Crippen molar-refractivity contribution >= 4 is 11.8 Å². The fourth-order valence-corrected chi connectivity index (χ4v) is 2.85. The first-order valence-corrected chi connectivity index (χ1v) is 8.49. The Kier molecular flexibility index (Phi) is 7.25. The van der Waals surface area contributed by atoms with Crippen LogP contribution in [0, 0.1) is 11.8 Å². The smallest absolute Gasteiger partial charge is 0.382 e. The van der Waals surface area contributed by atoms with E-state index in [1.807, 2.05) is 0 Å². The van der Waals surface area contributed by atoms with Crippen molar-refractivity contribution in [2.75, 3.05) is 6.54 Å². The molecule has 0 saturated carbocycles. The molecule has 0 radical (unpaired) electrons. The molecule has 1 aliphatic heterocycles. The zero-order chi connectivity index (χ0) is 19.5. The average molecular weight is 367 g/mol. The summed E-state index contributed by atoms with van der Waals surface area (Å²) in [6, 6.07) is -3.11. The Hall–Kier alpha value is -1.35. The lowest BCUT2D eigenvalue weighted by Gasteiger charge is -2.32. The number of alkyl halides is 3. The molecule has 146 valence electrons. The summed E-state index contributed by atoms with van der Waals surface area (Å²) in [6.45, 7) is 6.86. The highest BCUT2D eigenvalue weighted by Crippen LogP contribution is 2.26. The minimum absolute atomic E-state index is 0.118. The molecule has 9 heteroatoms. The SMILES string of the molecule is CC(C)C(N)C(=O)N1CCCC1C(=O)N[C@@H](C(C)C)[C@@H](O)C(F)(F)F. The molecule has 0 aromatic heterocycles. The summed E-state index contributed by atoms with van der Waals surface area (Å²) in [6.07, 6.45) is -6.58. The van der Waals surface area contributed by atoms with Gasteiger partial charge in [0.2, 0.25) is 11.8 Å². The van der Waals surface area contributed by atoms with Crippen LogP contribution in [0.2, 0.25) is 0 Å². The highest BCUT2D eigenvalue weighted by atomic mass is 19.4. The van der Waals surface area contributed by atoms with E-state index in [9.17, 15) is 27.9 Å². The second kappa shape index (κ2) is 8.35. The number of likely N-dealkylation sites (tertiary alicyclic amines) is 1. The molecule has 0 aromatic rings. The van der Waals surface area contributed by atoms with Crippen LogP contribution >= 0.6 is 0 Å². The van der Waals surface area contributed by atoms with E-state index in [1.165, 1.54) is 18.7 Å². The second-order valence-electron chi connectivity index (χ2n) is 7.22. The number of aliphatic hydroxyl groups is 1. The van der Waals surface area contributed by atoms with Crippen molar-refractivity contribution in [3.05, 3.63) is 0 Å². The molecule has 1 heterocycles. The number of aliphatic hydroxyl groups excluding tert-OH is 1. The first kappa shape index (κ1) is 21.7. The van der Waals surface area contributed by atoms with Crippen molar-refractivity contribution in [1.82, 2.24) is 10.2 Å². The molecule has 2 unspecified atom stereocenters. The Labute approximate surface area is 145 Å². The molecule has 1 rings (SSSR count). The van der Waals surface area contributed by atoms with Crippen LogP contribution in [0.4, 0.5) is 13.2 Å². The molecular weight excluding hydrogens is 339 g/mol. The van der Waals surface area contributed by atoms with Gasteiger partial charge >= 0.3 is 6.18 Å². The Morgan fingerprint density at radius 1 is 1.20 bits per heavy atom. The highest BCUT2D eigenvalue weighted by Gasteiger charge is 2.46. The van der Waals surface area contributed by atoms with Gasteiger partial charge in [0.05, 0.1) is 12.1 Å². The van der Waals surface area contributed by atoms with Gasteiger partial charge in [0.1, 0.15) is 6.04 Å². The Morgan fingerprint density at radius 3 is 2.20 bits per heavy atom. The lowest BCUT2D eigenvalue weighted by Crippen LogP contribution is -2.58. The topological polar surface area (TPSA) is 95.7 Å². The highest BCUT2D eigenvalue weighted by molar-refractivity contribution is 5.90. The minimum atomic E-state index is -4.84. The van der Waals surface area contributed by atoms with Gasteiger partial charge in [-0.3, -0.25) is 9.59 Å². The summed E-state index contributed by atoms with van der Waals surface area (Å²) < 4.78 is 38.4. The number of nitrogens with two attached hydrogens (primary N) is 1. The number of carbonyl (C=O) groups excluding carboxylic acids is 2. The van der Waals surface area contributed by atoms with Gasteiger partial charge in [-0.15, -0.1) is 0 Å². The maximum Gasteiger partial charge on any atom is 0.416 e. The summed E-state index contributed by atoms with van der Waals surface area (Å²) in [7, 11) is 0. The Balaban J connectivity index is 2.88. The molecule has 6 nitrogen and oxygen atoms in total. The van der Waals surface area contributed by atoms with Crippen LogP contribution in [0.1, 0.15) is 40.5 Å². The molecule has 1 saturated heterocycles. The van der Waals surface area contributed by atoms with E-state index >= 15 is 0 Å². The lowest BCUT2D eigenvalue weighted by atomic mass is 9.97. The van der Waals surface area contributed by atoms with Gasteiger partial charge in [0, 0.05) is 6.54 Å². The maximum atomic E-state index is 12.8. The summed E-state index contributed by atoms with van der Waals surface area (Å²) >= 11 is 0. The van der Waals surface area contributed by atoms with Gasteiger partial charge in [-0.2, -0.15) is 13.2 Å². The van der Waals surface area contributed by atoms with E-state index < -0.39 is 42.2 Å². The third-order valence-corrected chi connectivity index (χ3v) is 4.54. The summed E-state index contributed by atoms with van der Waals surface area (Å²) in [4.78, 5) is 26.2. The minimum Gasteiger partial charge on any atom is -0.382 e. The number of hydrogen-bond acceptors (Lipinski definition) is 4. The number of rotatable bonds is 6. The van der Waals surface area contributed by atoms with Crippen molar-refractivity contribution in [2.45, 2.75) is 70.9 Å². The molecule has 25 heavy (non-hydrogen) atoms. The first-order chi connectivity index (χ1) is 11.4. The van der Waals surface area contributed by atoms with Crippen molar-refractivity contribution in [1.29, 1.82) is 0 Å². The van der Waals surface area contributed by atoms with Gasteiger partial charge < -0.3 is 21.1 Å². The molecule has 1 fully saturated rings. The largest absolute Gasteiger partial charge is 0.416 e. The molecule has 0 bridgehead atoms. The molecular formula is C16H28F3N3O3. The van der Waals surface area contributed by atoms with Crippen LogP contribution in [0.15, 0.2) is 0 Å². The fraction of sp³-hybridized carbons (Fsp3) is 0.875. The fourth-order valence-electron chi connectivity index (χ4n) is 2.85. The Morgan fingerprint density at radius 2 is 1.76 bits per heavy atom. The second-order valence-corrected chi connectivity index (χ2v) is 7.22. The quantitative estimate of drug-likeness (QED) is 0.653. The van der Waals surface area contributed by atoms with Crippen molar-refractivity contribution < 1.29 is 27.9 Å². The van der Waals surface area contributed by atoms with Crippen molar-refractivity contribution in [3.8, 4) is 0 Å². The predicted molar refractivity (Wildman–Crippen MR) is 86.4 cm³/mol. The number of carbonyl (C=O) groups is 2. The first-order valence-electron chi connectivity index (χ1n) is 8.49. The third-order valence-electron chi connectivity index (χ3n) is 4.54. The van der Waals surface area contributed by atoms with Crippen LogP contribution < -0.4 is 11.1 Å². The number of nitrogens with zero attached hydrogens (tertiary/aromatic N) is 1. The molecule has 4 atom stereocenters. The standard InChI is InChI=1S/C16H28F3N3O3/c1-8(2)11(20)15(25)22-7-5-6-10(22)14(24)21-12(9(3)4)13(23)16(17,18)19/h8-13,23H,5-7,20H2,1-4H3,(H,21,24)/t10?,11?,12-,13+/m0/s1. The zero-order valence-corrected chi connectivity index (χ0v) is 15.0. The maximum absolute atomic E-state index is 12.8. The molecule has 4 N–H and O–H groups in total. The number of hydrogen-bond donors (Lipinski definition) is 3. The number of halogens is 3. The van der Waals surface area contributed by atoms with Crippen molar-refractivity contribution in [3.63, 3.8) is 0 Å². The van der Waals surface area contributed by atoms with Gasteiger partial charge in [-0.25, -0.2) is 0 Å². The van der Waals surface area contributed by atoms with Crippen molar-refractivity contribution in [2.24, 2.45) is 17.6 Å². The van der Waals surface area contributed by atoms with E-state index in [2.05, 4.69) is 5.32 Å². The summed E-state index contributed by atoms with van der Waals surface area (Å²) in [5, 5.41) is 11.8. The van der Waals surface area contributed by atoms with Gasteiger partial charge in [0.25, 0.3) is 0 Å². The van der Waals surface area contributed by atoms with Gasteiger partial charge in [0.15, 0.2) is 6.10 Å². The van der Waals surface area contributed by atoms with E-state index in [-0.39, 0.29) is 11.8 Å². The molecule has 1 aliphatic rings. The van der Waals surface area contributed by atoms with E-state index in [0.717, 1.165) is 0 Å². The molecule has 0 aromatic carbocycles. The lowest BCUT2D eigenvalue weighted by molar-refractivity contribution is -0.215. The van der Waals surface area contributed by atoms with E-state index in [0.29, 0.717) is 19.4 Å². The Bertz CT molecular complexity index is 483. The normalized spacial score (nSPS) is 22.2. The van der Waals surface area contributed by atoms with E-state index in [1.54, 1.807) is 13.8 Å². The molecule has 0 aliphatic carbocycles. The zero-order valence-electron chi connectivity index (χ0n) is 15.0. The number of nitrogens with one attached hydrogen (secondary N) is 1. The molecule has 0 spiro atoms. The van der Waals surface area contributed by atoms with Gasteiger partial charge in [-0.05, 0) is 24.7 Å². The average Bonchev–Trinajstić information content (AvgIpc) is 2.98. The number of amides is 2. The predicted octanol–water partition coefficient (Wildman–Crippen LogP) is 1.02. The van der Waals surface area contributed by atoms with E-state index in [4.69, 9.17) is 5.73 Å². The third kappa shape index (κ3) is 5.31. The van der Waals surface area contributed by atoms with Crippen LogP contribution in [0.25, 0.3) is 0 Å². The van der Waals surface area contributed by atoms with Crippen LogP contribution in [-0.4, -0.2) is 58.8 Å². The summed E-state index contributed by atoms with van der Waals surface area (Å²) in [5.41, 5.74) is 5.85. The van der Waals surface area contributed by atoms with Crippen LogP contribution in [-0.2, 0) is 9.59 Å². The summed E-state index contributed by atoms with van der Waals surface area (Å²) in [5.74, 6) is -1.83. The monoisotopic (exact) mass is 367 g/mol.